The maximum absolute atomic E-state index is 11.2. The molecule has 0 saturated carbocycles. The molecule has 19 heavy (non-hydrogen) atoms. The highest BCUT2D eigenvalue weighted by atomic mass is 35.5. The average Bonchev–Trinajstić information content (AvgIpc) is 2.35. The molecule has 1 aromatic carbocycles. The quantitative estimate of drug-likeness (QED) is 0.492. The van der Waals surface area contributed by atoms with E-state index in [1.54, 1.807) is 20.2 Å². The molecule has 0 spiro atoms. The molecular weight excluding hydrogens is 272 g/mol. The van der Waals surface area contributed by atoms with Gasteiger partial charge in [0.05, 0.1) is 4.92 Å². The number of benzene rings is 1. The Kier molecular flexibility index (Phi) is 5.37. The van der Waals surface area contributed by atoms with Crippen molar-refractivity contribution in [2.75, 3.05) is 32.5 Å². The van der Waals surface area contributed by atoms with Crippen LogP contribution in [0.1, 0.15) is 0 Å². The monoisotopic (exact) mass is 286 g/mol. The maximum atomic E-state index is 11.2. The summed E-state index contributed by atoms with van der Waals surface area (Å²) in [6.07, 6.45) is 0. The summed E-state index contributed by atoms with van der Waals surface area (Å²) in [5, 5.41) is 16.7. The van der Waals surface area contributed by atoms with E-state index in [1.165, 1.54) is 17.0 Å². The van der Waals surface area contributed by atoms with E-state index in [9.17, 15) is 14.9 Å². The second-order valence-corrected chi connectivity index (χ2v) is 4.41. The highest BCUT2D eigenvalue weighted by Crippen LogP contribution is 2.27. The van der Waals surface area contributed by atoms with Crippen LogP contribution in [0.2, 0.25) is 5.02 Å². The molecule has 7 nitrogen and oxygen atoms in total. The topological polar surface area (TPSA) is 87.5 Å². The lowest BCUT2D eigenvalue weighted by atomic mass is 10.2. The minimum Gasteiger partial charge on any atom is -0.378 e. The molecule has 0 aromatic heterocycles. The summed E-state index contributed by atoms with van der Waals surface area (Å²) in [6, 6.07) is 4.17. The SMILES string of the molecule is CN(C)C(=O)NCCNc1ccc(Cl)cc1[N+](=O)[O-]. The molecule has 1 rings (SSSR count). The summed E-state index contributed by atoms with van der Waals surface area (Å²) in [4.78, 5) is 23.0. The lowest BCUT2D eigenvalue weighted by Crippen LogP contribution is -2.37. The van der Waals surface area contributed by atoms with E-state index in [0.29, 0.717) is 23.8 Å². The van der Waals surface area contributed by atoms with Crippen molar-refractivity contribution in [3.63, 3.8) is 0 Å². The third-order valence-corrected chi connectivity index (χ3v) is 2.51. The summed E-state index contributed by atoms with van der Waals surface area (Å²) in [7, 11) is 3.26. The van der Waals surface area contributed by atoms with Crippen LogP contribution >= 0.6 is 11.6 Å². The van der Waals surface area contributed by atoms with E-state index in [4.69, 9.17) is 11.6 Å². The first-order chi connectivity index (χ1) is 8.91. The molecule has 2 amide bonds. The van der Waals surface area contributed by atoms with Gasteiger partial charge in [0.1, 0.15) is 5.69 Å². The van der Waals surface area contributed by atoms with Crippen LogP contribution in [-0.2, 0) is 0 Å². The Morgan fingerprint density at radius 3 is 2.68 bits per heavy atom. The van der Waals surface area contributed by atoms with Crippen LogP contribution in [0.25, 0.3) is 0 Å². The fraction of sp³-hybridized carbons (Fsp3) is 0.364. The van der Waals surface area contributed by atoms with Gasteiger partial charge in [-0.1, -0.05) is 11.6 Å². The Bertz CT molecular complexity index is 479. The van der Waals surface area contributed by atoms with Crippen molar-refractivity contribution in [1.82, 2.24) is 10.2 Å². The molecule has 0 aliphatic heterocycles. The number of nitro groups is 1. The molecule has 0 bridgehead atoms. The lowest BCUT2D eigenvalue weighted by molar-refractivity contribution is -0.383. The van der Waals surface area contributed by atoms with Crippen molar-refractivity contribution >= 4 is 29.0 Å². The third-order valence-electron chi connectivity index (χ3n) is 2.28. The number of anilines is 1. The Morgan fingerprint density at radius 1 is 1.42 bits per heavy atom. The predicted molar refractivity (Wildman–Crippen MR) is 73.7 cm³/mol. The zero-order valence-corrected chi connectivity index (χ0v) is 11.4. The van der Waals surface area contributed by atoms with Gasteiger partial charge < -0.3 is 15.5 Å². The van der Waals surface area contributed by atoms with Crippen molar-refractivity contribution in [3.8, 4) is 0 Å². The Hall–Kier alpha value is -2.02. The summed E-state index contributed by atoms with van der Waals surface area (Å²) in [5.74, 6) is 0. The van der Waals surface area contributed by atoms with Gasteiger partial charge in [0.15, 0.2) is 0 Å². The minimum atomic E-state index is -0.507. The highest BCUT2D eigenvalue weighted by Gasteiger charge is 2.13. The van der Waals surface area contributed by atoms with Gasteiger partial charge in [0.25, 0.3) is 5.69 Å². The number of nitro benzene ring substituents is 1. The standard InChI is InChI=1S/C11H15ClN4O3/c1-15(2)11(17)14-6-5-13-9-4-3-8(12)7-10(9)16(18)19/h3-4,7,13H,5-6H2,1-2H3,(H,14,17). The van der Waals surface area contributed by atoms with Crippen LogP contribution in [0, 0.1) is 10.1 Å². The number of hydrogen-bond donors (Lipinski definition) is 2. The fourth-order valence-corrected chi connectivity index (χ4v) is 1.50. The summed E-state index contributed by atoms with van der Waals surface area (Å²) < 4.78 is 0. The third kappa shape index (κ3) is 4.63. The Labute approximate surface area is 115 Å². The van der Waals surface area contributed by atoms with E-state index in [0.717, 1.165) is 0 Å². The largest absolute Gasteiger partial charge is 0.378 e. The molecule has 0 heterocycles. The molecule has 0 saturated heterocycles. The Balaban J connectivity index is 2.54. The van der Waals surface area contributed by atoms with Crippen molar-refractivity contribution in [3.05, 3.63) is 33.3 Å². The normalized spacial score (nSPS) is 9.84. The second-order valence-electron chi connectivity index (χ2n) is 3.97. The average molecular weight is 287 g/mol. The number of hydrogen-bond acceptors (Lipinski definition) is 4. The molecule has 0 atom stereocenters. The van der Waals surface area contributed by atoms with Gasteiger partial charge in [-0.3, -0.25) is 10.1 Å². The molecule has 0 radical (unpaired) electrons. The molecule has 0 fully saturated rings. The zero-order chi connectivity index (χ0) is 14.4. The fourth-order valence-electron chi connectivity index (χ4n) is 1.33. The molecular formula is C11H15ClN4O3. The molecule has 0 aliphatic carbocycles. The van der Waals surface area contributed by atoms with Gasteiger partial charge in [-0.15, -0.1) is 0 Å². The molecule has 0 aliphatic rings. The highest BCUT2D eigenvalue weighted by molar-refractivity contribution is 6.30. The molecule has 104 valence electrons. The number of halogens is 1. The van der Waals surface area contributed by atoms with Crippen molar-refractivity contribution in [2.24, 2.45) is 0 Å². The second kappa shape index (κ2) is 6.79. The number of carbonyl (C=O) groups is 1. The van der Waals surface area contributed by atoms with Crippen LogP contribution in [0.5, 0.6) is 0 Å². The maximum Gasteiger partial charge on any atom is 0.316 e. The predicted octanol–water partition coefficient (Wildman–Crippen LogP) is 1.93. The van der Waals surface area contributed by atoms with Gasteiger partial charge in [0, 0.05) is 38.3 Å². The first-order valence-corrected chi connectivity index (χ1v) is 5.92. The van der Waals surface area contributed by atoms with Crippen LogP contribution in [0.3, 0.4) is 0 Å². The first-order valence-electron chi connectivity index (χ1n) is 5.55. The van der Waals surface area contributed by atoms with Crippen LogP contribution in [0.15, 0.2) is 18.2 Å². The van der Waals surface area contributed by atoms with E-state index in [-0.39, 0.29) is 11.7 Å². The number of urea groups is 1. The van der Waals surface area contributed by atoms with Crippen LogP contribution in [-0.4, -0.2) is 43.0 Å². The molecule has 8 heteroatoms. The van der Waals surface area contributed by atoms with E-state index >= 15 is 0 Å². The number of carbonyl (C=O) groups excluding carboxylic acids is 1. The van der Waals surface area contributed by atoms with Crippen molar-refractivity contribution in [2.45, 2.75) is 0 Å². The summed E-state index contributed by atoms with van der Waals surface area (Å²) >= 11 is 5.70. The zero-order valence-electron chi connectivity index (χ0n) is 10.6. The molecule has 1 aromatic rings. The first kappa shape index (κ1) is 15.0. The van der Waals surface area contributed by atoms with E-state index < -0.39 is 4.92 Å². The van der Waals surface area contributed by atoms with Gasteiger partial charge in [-0.05, 0) is 12.1 Å². The number of nitrogens with zero attached hydrogens (tertiary/aromatic N) is 2. The molecule has 2 N–H and O–H groups in total. The van der Waals surface area contributed by atoms with Crippen molar-refractivity contribution in [1.29, 1.82) is 0 Å². The lowest BCUT2D eigenvalue weighted by Gasteiger charge is -2.12. The summed E-state index contributed by atoms with van der Waals surface area (Å²) in [5.41, 5.74) is 0.278. The van der Waals surface area contributed by atoms with Gasteiger partial charge >= 0.3 is 6.03 Å². The van der Waals surface area contributed by atoms with Crippen molar-refractivity contribution < 1.29 is 9.72 Å². The van der Waals surface area contributed by atoms with E-state index in [2.05, 4.69) is 10.6 Å². The number of amides is 2. The van der Waals surface area contributed by atoms with Crippen LogP contribution < -0.4 is 10.6 Å². The number of rotatable bonds is 5. The minimum absolute atomic E-state index is 0.0913. The van der Waals surface area contributed by atoms with E-state index in [1.807, 2.05) is 0 Å². The van der Waals surface area contributed by atoms with Gasteiger partial charge in [0.2, 0.25) is 0 Å². The smallest absolute Gasteiger partial charge is 0.316 e. The van der Waals surface area contributed by atoms with Crippen LogP contribution in [0.4, 0.5) is 16.2 Å². The Morgan fingerprint density at radius 2 is 2.11 bits per heavy atom. The number of nitrogens with one attached hydrogen (secondary N) is 2. The molecule has 0 unspecified atom stereocenters. The van der Waals surface area contributed by atoms with Gasteiger partial charge in [-0.25, -0.2) is 4.79 Å². The van der Waals surface area contributed by atoms with Gasteiger partial charge in [-0.2, -0.15) is 0 Å². The summed E-state index contributed by atoms with van der Waals surface area (Å²) in [6.45, 7) is 0.735.